The van der Waals surface area contributed by atoms with Gasteiger partial charge in [0, 0.05) is 0 Å². The third-order valence-corrected chi connectivity index (χ3v) is 2.48. The van der Waals surface area contributed by atoms with Crippen LogP contribution >= 0.6 is 0 Å². The fourth-order valence-electron chi connectivity index (χ4n) is 1.54. The lowest BCUT2D eigenvalue weighted by atomic mass is 10.1. The van der Waals surface area contributed by atoms with Crippen molar-refractivity contribution in [1.29, 1.82) is 0 Å². The Hall–Kier alpha value is -0.340. The standard InChI is InChI=1S/C13H26O2/c1-4-11-15-13(3)10-8-6-5-7-9-12(2)14/h4,12-14H,1,5-11H2,2-3H3. The van der Waals surface area contributed by atoms with Crippen molar-refractivity contribution in [1.82, 2.24) is 0 Å². The Labute approximate surface area is 94.3 Å². The summed E-state index contributed by atoms with van der Waals surface area (Å²) >= 11 is 0. The van der Waals surface area contributed by atoms with E-state index in [-0.39, 0.29) is 6.10 Å². The highest BCUT2D eigenvalue weighted by Crippen LogP contribution is 2.10. The van der Waals surface area contributed by atoms with Crippen LogP contribution < -0.4 is 0 Å². The van der Waals surface area contributed by atoms with Crippen LogP contribution in [0.5, 0.6) is 0 Å². The van der Waals surface area contributed by atoms with Crippen LogP contribution in [0.2, 0.25) is 0 Å². The molecular weight excluding hydrogens is 188 g/mol. The minimum absolute atomic E-state index is 0.139. The van der Waals surface area contributed by atoms with Crippen molar-refractivity contribution < 1.29 is 9.84 Å². The molecule has 2 unspecified atom stereocenters. The summed E-state index contributed by atoms with van der Waals surface area (Å²) in [7, 11) is 0. The highest BCUT2D eigenvalue weighted by Gasteiger charge is 2.01. The van der Waals surface area contributed by atoms with Crippen molar-refractivity contribution in [2.45, 2.75) is 64.6 Å². The van der Waals surface area contributed by atoms with Gasteiger partial charge in [-0.1, -0.05) is 31.8 Å². The van der Waals surface area contributed by atoms with E-state index in [1.54, 1.807) is 6.08 Å². The number of aliphatic hydroxyl groups is 1. The van der Waals surface area contributed by atoms with E-state index in [0.717, 1.165) is 19.3 Å². The van der Waals surface area contributed by atoms with E-state index in [0.29, 0.717) is 12.7 Å². The molecule has 0 radical (unpaired) electrons. The van der Waals surface area contributed by atoms with Gasteiger partial charge in [0.25, 0.3) is 0 Å². The Balaban J connectivity index is 3.12. The molecule has 0 saturated heterocycles. The number of hydrogen-bond donors (Lipinski definition) is 1. The van der Waals surface area contributed by atoms with Gasteiger partial charge in [0.15, 0.2) is 0 Å². The van der Waals surface area contributed by atoms with E-state index in [4.69, 9.17) is 9.84 Å². The normalized spacial score (nSPS) is 14.9. The largest absolute Gasteiger partial charge is 0.393 e. The lowest BCUT2D eigenvalue weighted by Crippen LogP contribution is -2.07. The predicted octanol–water partition coefficient (Wildman–Crippen LogP) is 3.30. The van der Waals surface area contributed by atoms with E-state index in [9.17, 15) is 0 Å². The molecule has 0 aliphatic carbocycles. The van der Waals surface area contributed by atoms with Crippen molar-refractivity contribution in [3.63, 3.8) is 0 Å². The highest BCUT2D eigenvalue weighted by molar-refractivity contribution is 4.65. The molecule has 0 aliphatic rings. The van der Waals surface area contributed by atoms with Crippen LogP contribution in [-0.4, -0.2) is 23.9 Å². The smallest absolute Gasteiger partial charge is 0.0648 e. The fraction of sp³-hybridized carbons (Fsp3) is 0.846. The molecule has 2 nitrogen and oxygen atoms in total. The van der Waals surface area contributed by atoms with Gasteiger partial charge in [-0.05, 0) is 26.7 Å². The maximum absolute atomic E-state index is 9.06. The maximum Gasteiger partial charge on any atom is 0.0648 e. The van der Waals surface area contributed by atoms with E-state index >= 15 is 0 Å². The molecule has 0 aromatic heterocycles. The van der Waals surface area contributed by atoms with Gasteiger partial charge in [-0.2, -0.15) is 0 Å². The van der Waals surface area contributed by atoms with Crippen molar-refractivity contribution in [3.8, 4) is 0 Å². The molecule has 0 bridgehead atoms. The van der Waals surface area contributed by atoms with Crippen LogP contribution in [-0.2, 0) is 4.74 Å². The number of ether oxygens (including phenoxy) is 1. The van der Waals surface area contributed by atoms with Crippen LogP contribution in [0.3, 0.4) is 0 Å². The maximum atomic E-state index is 9.06. The quantitative estimate of drug-likeness (QED) is 0.446. The number of hydrogen-bond acceptors (Lipinski definition) is 2. The zero-order valence-electron chi connectivity index (χ0n) is 10.2. The molecule has 0 aliphatic heterocycles. The minimum Gasteiger partial charge on any atom is -0.393 e. The molecule has 90 valence electrons. The zero-order valence-corrected chi connectivity index (χ0v) is 10.2. The molecule has 2 atom stereocenters. The zero-order chi connectivity index (χ0) is 11.5. The Morgan fingerprint density at radius 1 is 1.13 bits per heavy atom. The second kappa shape index (κ2) is 10.2. The third kappa shape index (κ3) is 11.6. The molecule has 0 fully saturated rings. The second-order valence-corrected chi connectivity index (χ2v) is 4.27. The van der Waals surface area contributed by atoms with Crippen LogP contribution in [0.15, 0.2) is 12.7 Å². The van der Waals surface area contributed by atoms with Crippen LogP contribution in [0, 0.1) is 0 Å². The van der Waals surface area contributed by atoms with Gasteiger partial charge in [-0.3, -0.25) is 0 Å². The lowest BCUT2D eigenvalue weighted by molar-refractivity contribution is 0.0797. The van der Waals surface area contributed by atoms with Crippen molar-refractivity contribution >= 4 is 0 Å². The van der Waals surface area contributed by atoms with E-state index in [2.05, 4.69) is 13.5 Å². The van der Waals surface area contributed by atoms with E-state index in [1.165, 1.54) is 19.3 Å². The van der Waals surface area contributed by atoms with Crippen molar-refractivity contribution in [2.75, 3.05) is 6.61 Å². The Bertz CT molecular complexity index is 143. The molecule has 0 amide bonds. The first kappa shape index (κ1) is 14.7. The summed E-state index contributed by atoms with van der Waals surface area (Å²) < 4.78 is 5.48. The molecule has 1 N–H and O–H groups in total. The van der Waals surface area contributed by atoms with Gasteiger partial charge in [-0.15, -0.1) is 6.58 Å². The summed E-state index contributed by atoms with van der Waals surface area (Å²) in [5, 5.41) is 9.06. The predicted molar refractivity (Wildman–Crippen MR) is 65.0 cm³/mol. The first-order valence-electron chi connectivity index (χ1n) is 6.07. The SMILES string of the molecule is C=CCOC(C)CCCCCCC(C)O. The molecule has 0 heterocycles. The monoisotopic (exact) mass is 214 g/mol. The van der Waals surface area contributed by atoms with Crippen molar-refractivity contribution in [3.05, 3.63) is 12.7 Å². The minimum atomic E-state index is -0.139. The highest BCUT2D eigenvalue weighted by atomic mass is 16.5. The number of rotatable bonds is 10. The summed E-state index contributed by atoms with van der Waals surface area (Å²) in [5.74, 6) is 0. The summed E-state index contributed by atoms with van der Waals surface area (Å²) in [6.07, 6.45) is 8.88. The van der Waals surface area contributed by atoms with Gasteiger partial charge in [0.05, 0.1) is 18.8 Å². The van der Waals surface area contributed by atoms with Crippen LogP contribution in [0.4, 0.5) is 0 Å². The first-order chi connectivity index (χ1) is 7.16. The summed E-state index contributed by atoms with van der Waals surface area (Å²) in [6.45, 7) is 8.24. The van der Waals surface area contributed by atoms with Crippen LogP contribution in [0.25, 0.3) is 0 Å². The molecule has 0 aromatic carbocycles. The third-order valence-electron chi connectivity index (χ3n) is 2.48. The molecule has 0 rings (SSSR count). The molecular formula is C13H26O2. The Kier molecular flexibility index (Phi) is 9.96. The fourth-order valence-corrected chi connectivity index (χ4v) is 1.54. The summed E-state index contributed by atoms with van der Waals surface area (Å²) in [5.41, 5.74) is 0. The molecule has 0 saturated carbocycles. The molecule has 2 heteroatoms. The summed E-state index contributed by atoms with van der Waals surface area (Å²) in [6, 6.07) is 0. The molecule has 0 aromatic rings. The average molecular weight is 214 g/mol. The van der Waals surface area contributed by atoms with E-state index < -0.39 is 0 Å². The topological polar surface area (TPSA) is 29.5 Å². The molecule has 0 spiro atoms. The van der Waals surface area contributed by atoms with E-state index in [1.807, 2.05) is 6.92 Å². The van der Waals surface area contributed by atoms with Gasteiger partial charge in [0.1, 0.15) is 0 Å². The van der Waals surface area contributed by atoms with Crippen molar-refractivity contribution in [2.24, 2.45) is 0 Å². The second-order valence-electron chi connectivity index (χ2n) is 4.27. The van der Waals surface area contributed by atoms with Gasteiger partial charge in [-0.25, -0.2) is 0 Å². The van der Waals surface area contributed by atoms with Crippen LogP contribution in [0.1, 0.15) is 52.4 Å². The molecule has 15 heavy (non-hydrogen) atoms. The van der Waals surface area contributed by atoms with Gasteiger partial charge >= 0.3 is 0 Å². The summed E-state index contributed by atoms with van der Waals surface area (Å²) in [4.78, 5) is 0. The number of unbranched alkanes of at least 4 members (excludes halogenated alkanes) is 3. The first-order valence-corrected chi connectivity index (χ1v) is 6.07. The average Bonchev–Trinajstić information content (AvgIpc) is 2.19. The van der Waals surface area contributed by atoms with Gasteiger partial charge < -0.3 is 9.84 Å². The Morgan fingerprint density at radius 3 is 2.27 bits per heavy atom. The van der Waals surface area contributed by atoms with Gasteiger partial charge in [0.2, 0.25) is 0 Å². The lowest BCUT2D eigenvalue weighted by Gasteiger charge is -2.11. The Morgan fingerprint density at radius 2 is 1.73 bits per heavy atom. The number of aliphatic hydroxyl groups excluding tert-OH is 1.